The lowest BCUT2D eigenvalue weighted by Gasteiger charge is -2.10. The first-order valence-electron chi connectivity index (χ1n) is 7.23. The Kier molecular flexibility index (Phi) is 5.44. The summed E-state index contributed by atoms with van der Waals surface area (Å²) >= 11 is 6.01. The van der Waals surface area contributed by atoms with Crippen molar-refractivity contribution in [2.45, 2.75) is 26.8 Å². The first kappa shape index (κ1) is 16.4. The zero-order chi connectivity index (χ0) is 16.1. The number of aryl methyl sites for hydroxylation is 1. The molecule has 5 nitrogen and oxygen atoms in total. The molecule has 0 saturated heterocycles. The number of amides is 1. The molecule has 1 heterocycles. The third-order valence-electron chi connectivity index (χ3n) is 3.28. The molecule has 0 radical (unpaired) electrons. The van der Waals surface area contributed by atoms with E-state index in [9.17, 15) is 9.59 Å². The van der Waals surface area contributed by atoms with Crippen LogP contribution in [0.5, 0.6) is 0 Å². The summed E-state index contributed by atoms with van der Waals surface area (Å²) in [7, 11) is 0. The molecule has 1 N–H and O–H groups in total. The van der Waals surface area contributed by atoms with Gasteiger partial charge in [-0.25, -0.2) is 4.79 Å². The lowest BCUT2D eigenvalue weighted by atomic mass is 10.2. The second-order valence-corrected chi connectivity index (χ2v) is 5.38. The highest BCUT2D eigenvalue weighted by molar-refractivity contribution is 6.31. The number of carbonyl (C=O) groups is 2. The molecule has 2 rings (SSSR count). The van der Waals surface area contributed by atoms with Crippen LogP contribution in [0.4, 0.5) is 0 Å². The number of fused-ring (bicyclic) bond motifs is 1. The first-order valence-corrected chi connectivity index (χ1v) is 7.61. The van der Waals surface area contributed by atoms with Gasteiger partial charge in [0.1, 0.15) is 5.69 Å². The van der Waals surface area contributed by atoms with Gasteiger partial charge in [0, 0.05) is 35.9 Å². The van der Waals surface area contributed by atoms with Gasteiger partial charge in [0.15, 0.2) is 0 Å². The third kappa shape index (κ3) is 3.80. The van der Waals surface area contributed by atoms with E-state index in [0.717, 1.165) is 17.3 Å². The van der Waals surface area contributed by atoms with Crippen LogP contribution < -0.4 is 5.32 Å². The number of esters is 1. The highest BCUT2D eigenvalue weighted by atomic mass is 35.5. The fourth-order valence-corrected chi connectivity index (χ4v) is 2.54. The van der Waals surface area contributed by atoms with E-state index in [0.29, 0.717) is 30.4 Å². The van der Waals surface area contributed by atoms with Gasteiger partial charge in [-0.2, -0.15) is 0 Å². The van der Waals surface area contributed by atoms with E-state index in [1.165, 1.54) is 6.92 Å². The zero-order valence-corrected chi connectivity index (χ0v) is 13.4. The largest absolute Gasteiger partial charge is 0.461 e. The van der Waals surface area contributed by atoms with Gasteiger partial charge in [0.2, 0.25) is 5.91 Å². The van der Waals surface area contributed by atoms with Gasteiger partial charge in [0.25, 0.3) is 0 Å². The van der Waals surface area contributed by atoms with Gasteiger partial charge in [-0.3, -0.25) is 4.79 Å². The lowest BCUT2D eigenvalue weighted by Crippen LogP contribution is -2.22. The van der Waals surface area contributed by atoms with Crippen LogP contribution in [0, 0.1) is 0 Å². The predicted octanol–water partition coefficient (Wildman–Crippen LogP) is 3.00. The molecule has 1 aromatic carbocycles. The van der Waals surface area contributed by atoms with E-state index in [1.54, 1.807) is 19.1 Å². The summed E-state index contributed by atoms with van der Waals surface area (Å²) in [5.41, 5.74) is 1.43. The van der Waals surface area contributed by atoms with Crippen LogP contribution in [0.15, 0.2) is 24.3 Å². The van der Waals surface area contributed by atoms with Crippen molar-refractivity contribution in [3.05, 3.63) is 35.0 Å². The standard InChI is InChI=1S/C16H19ClN2O3/c1-3-22-16(21)15-10-12-9-13(17)5-6-14(12)19(15)8-4-7-18-11(2)20/h5-6,9-10H,3-4,7-8H2,1-2H3,(H,18,20). The minimum atomic E-state index is -0.352. The molecule has 0 bridgehead atoms. The fraction of sp³-hybridized carbons (Fsp3) is 0.375. The highest BCUT2D eigenvalue weighted by Crippen LogP contribution is 2.24. The summed E-state index contributed by atoms with van der Waals surface area (Å²) < 4.78 is 7.02. The van der Waals surface area contributed by atoms with Crippen molar-refractivity contribution in [1.29, 1.82) is 0 Å². The maximum Gasteiger partial charge on any atom is 0.354 e. The van der Waals surface area contributed by atoms with Crippen molar-refractivity contribution in [1.82, 2.24) is 9.88 Å². The molecule has 6 heteroatoms. The Bertz CT molecular complexity index is 694. The summed E-state index contributed by atoms with van der Waals surface area (Å²) in [5, 5.41) is 4.27. The molecule has 1 aromatic heterocycles. The summed E-state index contributed by atoms with van der Waals surface area (Å²) in [6.45, 7) is 4.76. The highest BCUT2D eigenvalue weighted by Gasteiger charge is 2.16. The molecule has 2 aromatic rings. The topological polar surface area (TPSA) is 60.3 Å². The molecule has 0 aliphatic rings. The Morgan fingerprint density at radius 3 is 2.77 bits per heavy atom. The normalized spacial score (nSPS) is 10.7. The molecule has 0 atom stereocenters. The van der Waals surface area contributed by atoms with Gasteiger partial charge < -0.3 is 14.6 Å². The number of nitrogens with zero attached hydrogens (tertiary/aromatic N) is 1. The van der Waals surface area contributed by atoms with E-state index in [2.05, 4.69) is 5.32 Å². The minimum absolute atomic E-state index is 0.0604. The van der Waals surface area contributed by atoms with E-state index in [-0.39, 0.29) is 11.9 Å². The lowest BCUT2D eigenvalue weighted by molar-refractivity contribution is -0.118. The number of nitrogens with one attached hydrogen (secondary N) is 1. The van der Waals surface area contributed by atoms with Crippen LogP contribution in [0.2, 0.25) is 5.02 Å². The van der Waals surface area contributed by atoms with Crippen molar-refractivity contribution in [3.63, 3.8) is 0 Å². The smallest absolute Gasteiger partial charge is 0.354 e. The zero-order valence-electron chi connectivity index (χ0n) is 12.7. The first-order chi connectivity index (χ1) is 10.5. The molecule has 1 amide bonds. The molecule has 0 aliphatic carbocycles. The number of aromatic nitrogens is 1. The van der Waals surface area contributed by atoms with Gasteiger partial charge in [-0.05, 0) is 37.6 Å². The van der Waals surface area contributed by atoms with Crippen molar-refractivity contribution in [3.8, 4) is 0 Å². The number of hydrogen-bond acceptors (Lipinski definition) is 3. The van der Waals surface area contributed by atoms with Crippen molar-refractivity contribution < 1.29 is 14.3 Å². The maximum absolute atomic E-state index is 12.1. The van der Waals surface area contributed by atoms with E-state index in [4.69, 9.17) is 16.3 Å². The molecule has 0 fully saturated rings. The van der Waals surface area contributed by atoms with E-state index < -0.39 is 0 Å². The van der Waals surface area contributed by atoms with Crippen LogP contribution in [0.3, 0.4) is 0 Å². The van der Waals surface area contributed by atoms with Crippen molar-refractivity contribution in [2.75, 3.05) is 13.2 Å². The van der Waals surface area contributed by atoms with Gasteiger partial charge in [-0.15, -0.1) is 0 Å². The average molecular weight is 323 g/mol. The summed E-state index contributed by atoms with van der Waals surface area (Å²) in [4.78, 5) is 23.0. The molecular weight excluding hydrogens is 304 g/mol. The van der Waals surface area contributed by atoms with Crippen LogP contribution in [0.25, 0.3) is 10.9 Å². The Balaban J connectivity index is 2.29. The number of hydrogen-bond donors (Lipinski definition) is 1. The summed E-state index contributed by atoms with van der Waals surface area (Å²) in [6.07, 6.45) is 0.721. The Morgan fingerprint density at radius 1 is 1.32 bits per heavy atom. The average Bonchev–Trinajstić information content (AvgIpc) is 2.81. The molecule has 0 spiro atoms. The number of benzene rings is 1. The van der Waals surface area contributed by atoms with Crippen LogP contribution in [-0.2, 0) is 16.1 Å². The molecule has 0 aliphatic heterocycles. The Labute approximate surface area is 134 Å². The molecule has 22 heavy (non-hydrogen) atoms. The van der Waals surface area contributed by atoms with Crippen LogP contribution >= 0.6 is 11.6 Å². The van der Waals surface area contributed by atoms with Crippen LogP contribution in [0.1, 0.15) is 30.8 Å². The molecular formula is C16H19ClN2O3. The second-order valence-electron chi connectivity index (χ2n) is 4.94. The minimum Gasteiger partial charge on any atom is -0.461 e. The molecule has 0 saturated carbocycles. The van der Waals surface area contributed by atoms with Gasteiger partial charge >= 0.3 is 5.97 Å². The SMILES string of the molecule is CCOC(=O)c1cc2cc(Cl)ccc2n1CCCNC(C)=O. The fourth-order valence-electron chi connectivity index (χ4n) is 2.36. The third-order valence-corrected chi connectivity index (χ3v) is 3.52. The predicted molar refractivity (Wildman–Crippen MR) is 86.2 cm³/mol. The van der Waals surface area contributed by atoms with Gasteiger partial charge in [-0.1, -0.05) is 11.6 Å². The van der Waals surface area contributed by atoms with Crippen molar-refractivity contribution in [2.24, 2.45) is 0 Å². The quantitative estimate of drug-likeness (QED) is 0.657. The monoisotopic (exact) mass is 322 g/mol. The van der Waals surface area contributed by atoms with E-state index >= 15 is 0 Å². The van der Waals surface area contributed by atoms with E-state index in [1.807, 2.05) is 16.7 Å². The second kappa shape index (κ2) is 7.31. The Morgan fingerprint density at radius 2 is 2.09 bits per heavy atom. The number of rotatable bonds is 6. The number of ether oxygens (including phenoxy) is 1. The maximum atomic E-state index is 12.1. The summed E-state index contributed by atoms with van der Waals surface area (Å²) in [6, 6.07) is 7.30. The Hall–Kier alpha value is -2.01. The summed E-state index contributed by atoms with van der Waals surface area (Å²) in [5.74, 6) is -0.413. The molecule has 0 unspecified atom stereocenters. The van der Waals surface area contributed by atoms with Gasteiger partial charge in [0.05, 0.1) is 6.61 Å². The number of carbonyl (C=O) groups excluding carboxylic acids is 2. The molecule has 118 valence electrons. The number of halogens is 1. The van der Waals surface area contributed by atoms with Crippen LogP contribution in [-0.4, -0.2) is 29.6 Å². The van der Waals surface area contributed by atoms with Crippen molar-refractivity contribution >= 4 is 34.4 Å².